The van der Waals surface area contributed by atoms with Crippen molar-refractivity contribution in [3.63, 3.8) is 0 Å². The predicted octanol–water partition coefficient (Wildman–Crippen LogP) is 2.83. The van der Waals surface area contributed by atoms with Crippen LogP contribution >= 0.6 is 11.6 Å². The third kappa shape index (κ3) is 5.30. The molecule has 1 aromatic rings. The van der Waals surface area contributed by atoms with Crippen LogP contribution in [0.2, 0.25) is 0 Å². The number of hydrogen-bond donors (Lipinski definition) is 0. The summed E-state index contributed by atoms with van der Waals surface area (Å²) >= 11 is 5.58. The van der Waals surface area contributed by atoms with E-state index in [0.29, 0.717) is 0 Å². The van der Waals surface area contributed by atoms with E-state index < -0.39 is 18.1 Å². The second kappa shape index (κ2) is 7.35. The first-order chi connectivity index (χ1) is 9.80. The number of halogens is 4. The number of hydrogen-bond acceptors (Lipinski definition) is 5. The van der Waals surface area contributed by atoms with Crippen LogP contribution in [0, 0.1) is 0 Å². The molecular formula is C12H13ClF3NO4. The van der Waals surface area contributed by atoms with E-state index >= 15 is 0 Å². The lowest BCUT2D eigenvalue weighted by molar-refractivity contribution is -0.275. The molecule has 21 heavy (non-hydrogen) atoms. The number of carbonyl (C=O) groups excluding carboxylic acids is 1. The minimum Gasteiger partial charge on any atom is -0.493 e. The normalized spacial score (nSPS) is 11.1. The average molecular weight is 328 g/mol. The molecule has 5 nitrogen and oxygen atoms in total. The van der Waals surface area contributed by atoms with Crippen molar-refractivity contribution in [1.29, 1.82) is 0 Å². The molecule has 0 N–H and O–H groups in total. The Morgan fingerprint density at radius 1 is 1.43 bits per heavy atom. The van der Waals surface area contributed by atoms with Crippen LogP contribution < -0.4 is 9.47 Å². The highest BCUT2D eigenvalue weighted by molar-refractivity contribution is 6.17. The largest absolute Gasteiger partial charge is 0.573 e. The van der Waals surface area contributed by atoms with Gasteiger partial charge < -0.3 is 14.2 Å². The Bertz CT molecular complexity index is 483. The minimum atomic E-state index is -4.90. The van der Waals surface area contributed by atoms with E-state index in [9.17, 15) is 18.0 Å². The van der Waals surface area contributed by atoms with Crippen molar-refractivity contribution in [3.8, 4) is 11.5 Å². The van der Waals surface area contributed by atoms with E-state index in [1.807, 2.05) is 0 Å². The number of esters is 1. The van der Waals surface area contributed by atoms with Crippen molar-refractivity contribution in [2.75, 3.05) is 13.7 Å². The van der Waals surface area contributed by atoms with Gasteiger partial charge in [0, 0.05) is 6.07 Å². The van der Waals surface area contributed by atoms with E-state index in [1.54, 1.807) is 6.92 Å². The number of alkyl halides is 4. The molecule has 0 saturated carbocycles. The van der Waals surface area contributed by atoms with Gasteiger partial charge in [-0.25, -0.2) is 0 Å². The van der Waals surface area contributed by atoms with E-state index in [-0.39, 0.29) is 36.0 Å². The molecule has 1 aromatic heterocycles. The quantitative estimate of drug-likeness (QED) is 0.594. The zero-order valence-electron chi connectivity index (χ0n) is 11.3. The maximum Gasteiger partial charge on any atom is 0.573 e. The van der Waals surface area contributed by atoms with Gasteiger partial charge in [0.15, 0.2) is 11.5 Å². The Morgan fingerprint density at radius 3 is 2.57 bits per heavy atom. The monoisotopic (exact) mass is 327 g/mol. The number of rotatable bonds is 6. The van der Waals surface area contributed by atoms with Gasteiger partial charge in [-0.3, -0.25) is 9.78 Å². The average Bonchev–Trinajstić information content (AvgIpc) is 2.38. The highest BCUT2D eigenvalue weighted by Gasteiger charge is 2.34. The Balaban J connectivity index is 3.14. The molecule has 0 fully saturated rings. The van der Waals surface area contributed by atoms with Gasteiger partial charge in [0.2, 0.25) is 0 Å². The summed E-state index contributed by atoms with van der Waals surface area (Å²) in [6.07, 6.45) is -5.11. The molecular weight excluding hydrogens is 315 g/mol. The number of pyridine rings is 1. The molecule has 0 amide bonds. The zero-order valence-corrected chi connectivity index (χ0v) is 12.0. The second-order valence-corrected chi connectivity index (χ2v) is 4.02. The molecule has 0 atom stereocenters. The van der Waals surface area contributed by atoms with Crippen LogP contribution in [0.25, 0.3) is 0 Å². The fraction of sp³-hybridized carbons (Fsp3) is 0.500. The molecule has 118 valence electrons. The van der Waals surface area contributed by atoms with Crippen molar-refractivity contribution in [2.45, 2.75) is 25.6 Å². The van der Waals surface area contributed by atoms with Crippen LogP contribution in [-0.4, -0.2) is 31.0 Å². The molecule has 0 aliphatic heterocycles. The first-order valence-corrected chi connectivity index (χ1v) is 6.38. The first-order valence-electron chi connectivity index (χ1n) is 5.84. The summed E-state index contributed by atoms with van der Waals surface area (Å²) in [5.74, 6) is -1.72. The minimum absolute atomic E-state index is 0.173. The van der Waals surface area contributed by atoms with Gasteiger partial charge >= 0.3 is 12.3 Å². The molecule has 0 aliphatic rings. The van der Waals surface area contributed by atoms with Crippen molar-refractivity contribution in [1.82, 2.24) is 4.98 Å². The van der Waals surface area contributed by atoms with Gasteiger partial charge in [0.1, 0.15) is 5.69 Å². The topological polar surface area (TPSA) is 57.7 Å². The number of methoxy groups -OCH3 is 1. The lowest BCUT2D eigenvalue weighted by Gasteiger charge is -2.16. The fourth-order valence-corrected chi connectivity index (χ4v) is 1.71. The summed E-state index contributed by atoms with van der Waals surface area (Å²) in [7, 11) is 1.17. The molecule has 0 radical (unpaired) electrons. The SMILES string of the molecule is CCOC(=O)Cc1cc(OC)c(OC(F)(F)F)c(CCl)n1. The summed E-state index contributed by atoms with van der Waals surface area (Å²) in [6.45, 7) is 1.82. The molecule has 0 unspecified atom stereocenters. The summed E-state index contributed by atoms with van der Waals surface area (Å²) in [5, 5.41) is 0. The standard InChI is InChI=1S/C12H13ClF3NO4/c1-3-20-10(18)5-7-4-9(19-2)11(8(6-13)17-7)21-12(14,15)16/h4H,3,5-6H2,1-2H3. The lowest BCUT2D eigenvalue weighted by atomic mass is 10.2. The molecule has 0 spiro atoms. The van der Waals surface area contributed by atoms with Gasteiger partial charge in [-0.2, -0.15) is 0 Å². The van der Waals surface area contributed by atoms with Crippen LogP contribution in [0.5, 0.6) is 11.5 Å². The fourth-order valence-electron chi connectivity index (χ4n) is 1.53. The van der Waals surface area contributed by atoms with Crippen LogP contribution in [-0.2, 0) is 21.8 Å². The third-order valence-electron chi connectivity index (χ3n) is 2.26. The van der Waals surface area contributed by atoms with Gasteiger partial charge in [-0.15, -0.1) is 24.8 Å². The maximum atomic E-state index is 12.4. The molecule has 0 saturated heterocycles. The van der Waals surface area contributed by atoms with Crippen LogP contribution in [0.15, 0.2) is 6.07 Å². The third-order valence-corrected chi connectivity index (χ3v) is 2.51. The highest BCUT2D eigenvalue weighted by Crippen LogP contribution is 2.36. The van der Waals surface area contributed by atoms with Gasteiger partial charge in [-0.05, 0) is 6.92 Å². The van der Waals surface area contributed by atoms with Gasteiger partial charge in [0.05, 0.1) is 31.7 Å². The Kier molecular flexibility index (Phi) is 6.07. The molecule has 1 rings (SSSR count). The Hall–Kier alpha value is -1.70. The number of ether oxygens (including phenoxy) is 3. The molecule has 9 heteroatoms. The summed E-state index contributed by atoms with van der Waals surface area (Å²) in [5.41, 5.74) is 0.00288. The summed E-state index contributed by atoms with van der Waals surface area (Å²) in [6, 6.07) is 1.17. The Labute approximate surface area is 124 Å². The lowest BCUT2D eigenvalue weighted by Crippen LogP contribution is -2.19. The summed E-state index contributed by atoms with van der Waals surface area (Å²) in [4.78, 5) is 15.2. The van der Waals surface area contributed by atoms with Gasteiger partial charge in [-0.1, -0.05) is 0 Å². The van der Waals surface area contributed by atoms with E-state index in [1.165, 1.54) is 13.2 Å². The summed E-state index contributed by atoms with van der Waals surface area (Å²) < 4.78 is 50.5. The maximum absolute atomic E-state index is 12.4. The Morgan fingerprint density at radius 2 is 2.10 bits per heavy atom. The molecule has 1 heterocycles. The molecule has 0 aliphatic carbocycles. The van der Waals surface area contributed by atoms with E-state index in [0.717, 1.165) is 0 Å². The number of carbonyl (C=O) groups is 1. The second-order valence-electron chi connectivity index (χ2n) is 3.75. The van der Waals surface area contributed by atoms with Crippen LogP contribution in [0.3, 0.4) is 0 Å². The highest BCUT2D eigenvalue weighted by atomic mass is 35.5. The molecule has 0 aromatic carbocycles. The number of aromatic nitrogens is 1. The van der Waals surface area contributed by atoms with Crippen molar-refractivity contribution >= 4 is 17.6 Å². The van der Waals surface area contributed by atoms with Crippen LogP contribution in [0.1, 0.15) is 18.3 Å². The molecule has 0 bridgehead atoms. The zero-order chi connectivity index (χ0) is 16.0. The van der Waals surface area contributed by atoms with Crippen molar-refractivity contribution < 1.29 is 32.2 Å². The first kappa shape index (κ1) is 17.4. The van der Waals surface area contributed by atoms with Crippen LogP contribution in [0.4, 0.5) is 13.2 Å². The van der Waals surface area contributed by atoms with E-state index in [2.05, 4.69) is 9.72 Å². The van der Waals surface area contributed by atoms with Crippen molar-refractivity contribution in [3.05, 3.63) is 17.5 Å². The number of nitrogens with zero attached hydrogens (tertiary/aromatic N) is 1. The van der Waals surface area contributed by atoms with Crippen molar-refractivity contribution in [2.24, 2.45) is 0 Å². The van der Waals surface area contributed by atoms with Gasteiger partial charge in [0.25, 0.3) is 0 Å². The smallest absolute Gasteiger partial charge is 0.493 e. The predicted molar refractivity (Wildman–Crippen MR) is 67.4 cm³/mol. The van der Waals surface area contributed by atoms with E-state index in [4.69, 9.17) is 21.1 Å².